The predicted molar refractivity (Wildman–Crippen MR) is 207 cm³/mol. The number of benzene rings is 5. The van der Waals surface area contributed by atoms with Gasteiger partial charge in [0, 0.05) is 27.8 Å². The summed E-state index contributed by atoms with van der Waals surface area (Å²) in [5.74, 6) is -29.6. The van der Waals surface area contributed by atoms with E-state index in [4.69, 9.17) is 23.7 Å². The minimum Gasteiger partial charge on any atom is -0.504 e. The van der Waals surface area contributed by atoms with Crippen LogP contribution in [0.2, 0.25) is 0 Å². The van der Waals surface area contributed by atoms with E-state index in [9.17, 15) is 106 Å². The normalized spacial score (nSPS) is 19.9. The van der Waals surface area contributed by atoms with Crippen molar-refractivity contribution >= 4 is 29.8 Å². The Balaban J connectivity index is 1.42. The summed E-state index contributed by atoms with van der Waals surface area (Å²) in [6.45, 7) is -1.50. The molecule has 5 aromatic rings. The van der Waals surface area contributed by atoms with Gasteiger partial charge in [-0.1, -0.05) is 0 Å². The number of ether oxygens (including phenoxy) is 5. The maximum absolute atomic E-state index is 14.6. The molecule has 4 bridgehead atoms. The molecule has 0 aromatic heterocycles. The third-order valence-electron chi connectivity index (χ3n) is 10.9. The minimum atomic E-state index is -2.79. The van der Waals surface area contributed by atoms with E-state index in [0.29, 0.717) is 30.3 Å². The first-order valence-electron chi connectivity index (χ1n) is 18.6. The van der Waals surface area contributed by atoms with Gasteiger partial charge >= 0.3 is 29.8 Å². The van der Waals surface area contributed by atoms with E-state index in [0.717, 1.165) is 0 Å². The Morgan fingerprint density at radius 2 is 0.836 bits per heavy atom. The molecule has 9 rings (SSSR count). The molecule has 348 valence electrons. The van der Waals surface area contributed by atoms with Crippen molar-refractivity contribution in [3.8, 4) is 108 Å². The van der Waals surface area contributed by atoms with Gasteiger partial charge in [0.1, 0.15) is 12.7 Å². The molecule has 16 N–H and O–H groups in total. The van der Waals surface area contributed by atoms with Gasteiger partial charge in [0.25, 0.3) is 0 Å². The number of carbonyl (C=O) groups is 5. The van der Waals surface area contributed by atoms with Crippen LogP contribution in [0.15, 0.2) is 30.3 Å². The molecule has 26 nitrogen and oxygen atoms in total. The fourth-order valence-electron chi connectivity index (χ4n) is 7.72. The molecule has 26 heteroatoms. The summed E-state index contributed by atoms with van der Waals surface area (Å²) < 4.78 is 27.6. The number of hydrogen-bond donors (Lipinski definition) is 16. The molecule has 1 unspecified atom stereocenters. The van der Waals surface area contributed by atoms with Gasteiger partial charge in [-0.05, 0) is 30.3 Å². The summed E-state index contributed by atoms with van der Waals surface area (Å²) in [5.41, 5.74) is -11.0. The molecule has 0 saturated heterocycles. The lowest BCUT2D eigenvalue weighted by molar-refractivity contribution is -0.154. The SMILES string of the molecule is O=C(O[C@@H]1COC(=O)c2cc(O)c(O)c(O)c2-c2c(cc(O)c(O)c2O)C(=O)O[C@H]1C1OC(=O)c2cc(O)c(O)c(O)c2-c2c(O)c(O)c(O)c3c2C(=O)O[C@H]1[C@H]3O)c1cc(O)c(O)c(O)c1. The third kappa shape index (κ3) is 6.57. The summed E-state index contributed by atoms with van der Waals surface area (Å²) >= 11 is 0. The van der Waals surface area contributed by atoms with E-state index >= 15 is 0 Å². The molecule has 67 heavy (non-hydrogen) atoms. The van der Waals surface area contributed by atoms with Crippen molar-refractivity contribution in [2.75, 3.05) is 6.61 Å². The first-order valence-corrected chi connectivity index (χ1v) is 18.6. The van der Waals surface area contributed by atoms with Crippen LogP contribution in [0.5, 0.6) is 86.2 Å². The van der Waals surface area contributed by atoms with Gasteiger partial charge in [-0.25, -0.2) is 24.0 Å². The lowest BCUT2D eigenvalue weighted by Crippen LogP contribution is -2.56. The van der Waals surface area contributed by atoms with Crippen LogP contribution >= 0.6 is 0 Å². The summed E-state index contributed by atoms with van der Waals surface area (Å²) in [6.07, 6.45) is -13.4. The molecule has 5 atom stereocenters. The lowest BCUT2D eigenvalue weighted by Gasteiger charge is -2.40. The number of fused-ring (bicyclic) bond motifs is 6. The topological polar surface area (TPSA) is 455 Å². The number of esters is 5. The van der Waals surface area contributed by atoms with E-state index in [1.165, 1.54) is 0 Å². The zero-order valence-electron chi connectivity index (χ0n) is 32.7. The van der Waals surface area contributed by atoms with Crippen molar-refractivity contribution in [3.63, 3.8) is 0 Å². The Labute approximate surface area is 368 Å². The Morgan fingerprint density at radius 1 is 0.433 bits per heavy atom. The van der Waals surface area contributed by atoms with E-state index in [2.05, 4.69) is 0 Å². The number of aliphatic hydroxyl groups excluding tert-OH is 1. The number of aliphatic hydroxyl groups is 1. The van der Waals surface area contributed by atoms with Crippen molar-refractivity contribution in [1.29, 1.82) is 0 Å². The molecule has 0 spiro atoms. The number of rotatable bonds is 3. The number of cyclic esters (lactones) is 2. The number of phenols is 15. The van der Waals surface area contributed by atoms with Gasteiger partial charge in [-0.2, -0.15) is 0 Å². The zero-order valence-corrected chi connectivity index (χ0v) is 32.7. The molecule has 0 saturated carbocycles. The first-order chi connectivity index (χ1) is 31.5. The molecule has 4 aliphatic heterocycles. The number of carbonyl (C=O) groups excluding carboxylic acids is 5. The van der Waals surface area contributed by atoms with Crippen LogP contribution in [0, 0.1) is 0 Å². The van der Waals surface area contributed by atoms with Crippen LogP contribution in [-0.4, -0.2) is 143 Å². The molecule has 0 fully saturated rings. The highest BCUT2D eigenvalue weighted by atomic mass is 16.6. The molecular weight excluding hydrogens is 908 g/mol. The maximum Gasteiger partial charge on any atom is 0.339 e. The van der Waals surface area contributed by atoms with Gasteiger partial charge in [0.2, 0.25) is 23.0 Å². The quantitative estimate of drug-likeness (QED) is 0.0689. The monoisotopic (exact) mass is 936 g/mol. The fourth-order valence-corrected chi connectivity index (χ4v) is 7.72. The third-order valence-corrected chi connectivity index (χ3v) is 10.9. The molecule has 0 aliphatic carbocycles. The first kappa shape index (κ1) is 44.0. The Hall–Kier alpha value is -9.59. The van der Waals surface area contributed by atoms with E-state index in [1.54, 1.807) is 0 Å². The molecular formula is C41H28O26. The zero-order chi connectivity index (χ0) is 49.0. The second kappa shape index (κ2) is 15.3. The van der Waals surface area contributed by atoms with Gasteiger partial charge < -0.3 is 105 Å². The van der Waals surface area contributed by atoms with Crippen LogP contribution in [0.1, 0.15) is 63.5 Å². The van der Waals surface area contributed by atoms with Gasteiger partial charge in [-0.3, -0.25) is 0 Å². The van der Waals surface area contributed by atoms with Crippen LogP contribution < -0.4 is 0 Å². The summed E-state index contributed by atoms with van der Waals surface area (Å²) in [6, 6.07) is 2.15. The van der Waals surface area contributed by atoms with Crippen molar-refractivity contribution in [3.05, 3.63) is 63.7 Å². The van der Waals surface area contributed by atoms with Gasteiger partial charge in [0.05, 0.1) is 27.8 Å². The Bertz CT molecular complexity index is 3060. The number of aromatic hydroxyl groups is 15. The van der Waals surface area contributed by atoms with Crippen LogP contribution in [0.25, 0.3) is 22.3 Å². The predicted octanol–water partition coefficient (Wildman–Crippen LogP) is 1.34. The standard InChI is InChI=1S/C41H28O26/c42-11-1-7(2-12(43)23(11)47)37(58)64-16-6-63-38(59)8-3-13(44)24(48)27(51)17(8)18-9(4-14(45)25(49)28(18)52)39(60)65-34(16)36-35-32(56)22-21(41(62)66-35)20(30(54)33(57)31(22)55)19-10(40(61)67-36)5-15(46)26(50)29(19)53/h1-5,16,32,34-36,42-57H,6H2/t16-,32+,34-,35+,36?/m1/s1. The number of hydrogen-bond acceptors (Lipinski definition) is 26. The smallest absolute Gasteiger partial charge is 0.339 e. The van der Waals surface area contributed by atoms with E-state index in [-0.39, 0.29) is 0 Å². The maximum atomic E-state index is 14.6. The van der Waals surface area contributed by atoms with Gasteiger partial charge in [0.15, 0.2) is 87.7 Å². The Kier molecular flexibility index (Phi) is 10.1. The second-order valence-corrected chi connectivity index (χ2v) is 14.7. The van der Waals surface area contributed by atoms with Crippen molar-refractivity contribution in [2.45, 2.75) is 30.5 Å². The lowest BCUT2D eigenvalue weighted by atomic mass is 9.82. The average Bonchev–Trinajstić information content (AvgIpc) is 3.29. The summed E-state index contributed by atoms with van der Waals surface area (Å²) in [4.78, 5) is 70.9. The highest BCUT2D eigenvalue weighted by molar-refractivity contribution is 6.11. The summed E-state index contributed by atoms with van der Waals surface area (Å²) in [5, 5.41) is 172. The molecule has 5 aromatic carbocycles. The number of phenolic OH excluding ortho intramolecular Hbond substituents is 15. The van der Waals surface area contributed by atoms with Crippen molar-refractivity contribution in [1.82, 2.24) is 0 Å². The second-order valence-electron chi connectivity index (χ2n) is 14.7. The average molecular weight is 937 g/mol. The molecule has 4 aliphatic rings. The van der Waals surface area contributed by atoms with Crippen LogP contribution in [-0.2, 0) is 23.7 Å². The fraction of sp³-hybridized carbons (Fsp3) is 0.146. The minimum absolute atomic E-state index is 0.331. The summed E-state index contributed by atoms with van der Waals surface area (Å²) in [7, 11) is 0. The van der Waals surface area contributed by atoms with Crippen molar-refractivity contribution < 1.29 is 129 Å². The van der Waals surface area contributed by atoms with E-state index < -0.39 is 209 Å². The molecule has 0 radical (unpaired) electrons. The molecule has 0 amide bonds. The van der Waals surface area contributed by atoms with E-state index in [1.807, 2.05) is 0 Å². The molecule has 4 heterocycles. The highest BCUT2D eigenvalue weighted by Gasteiger charge is 2.54. The van der Waals surface area contributed by atoms with Crippen LogP contribution in [0.4, 0.5) is 0 Å². The van der Waals surface area contributed by atoms with Crippen LogP contribution in [0.3, 0.4) is 0 Å². The van der Waals surface area contributed by atoms with Crippen molar-refractivity contribution in [2.24, 2.45) is 0 Å². The highest BCUT2D eigenvalue weighted by Crippen LogP contribution is 2.58. The largest absolute Gasteiger partial charge is 0.504 e. The Morgan fingerprint density at radius 3 is 1.33 bits per heavy atom. The van der Waals surface area contributed by atoms with Gasteiger partial charge in [-0.15, -0.1) is 0 Å².